The second-order valence-corrected chi connectivity index (χ2v) is 22.4. The van der Waals surface area contributed by atoms with Crippen LogP contribution in [0.15, 0.2) is 120 Å². The fourth-order valence-corrected chi connectivity index (χ4v) is 9.14. The van der Waals surface area contributed by atoms with E-state index in [9.17, 15) is 0 Å². The molecule has 0 bridgehead atoms. The summed E-state index contributed by atoms with van der Waals surface area (Å²) in [6.07, 6.45) is 3.90. The number of furan rings is 1. The molecule has 0 spiro atoms. The van der Waals surface area contributed by atoms with Gasteiger partial charge in [-0.1, -0.05) is 65.0 Å². The maximum Gasteiger partial charge on any atom is 0.121 e. The molecule has 0 unspecified atom stereocenters. The van der Waals surface area contributed by atoms with Gasteiger partial charge in [-0.15, -0.1) is 18.2 Å². The molecule has 0 aliphatic carbocycles. The van der Waals surface area contributed by atoms with Crippen molar-refractivity contribution in [3.8, 4) is 33.6 Å². The van der Waals surface area contributed by atoms with E-state index in [0.717, 1.165) is 44.5 Å². The van der Waals surface area contributed by atoms with Gasteiger partial charge in [0.15, 0.2) is 0 Å². The molecule has 44 heavy (non-hydrogen) atoms. The predicted molar refractivity (Wildman–Crippen MR) is 182 cm³/mol. The number of aromatic nitrogens is 2. The zero-order valence-electron chi connectivity index (χ0n) is 25.6. The fourth-order valence-electron chi connectivity index (χ4n) is 5.55. The van der Waals surface area contributed by atoms with Crippen LogP contribution in [0.25, 0.3) is 55.6 Å². The minimum absolute atomic E-state index is 0. The predicted octanol–water partition coefficient (Wildman–Crippen LogP) is 9.82. The van der Waals surface area contributed by atoms with E-state index in [1.807, 2.05) is 54.7 Å². The number of pyridine rings is 2. The van der Waals surface area contributed by atoms with E-state index in [-0.39, 0.29) is 20.1 Å². The quantitative estimate of drug-likeness (QED) is 0.131. The van der Waals surface area contributed by atoms with Gasteiger partial charge < -0.3 is 9.40 Å². The molecule has 0 aliphatic heterocycles. The molecule has 0 amide bonds. The first-order chi connectivity index (χ1) is 20.8. The average Bonchev–Trinajstić information content (AvgIpc) is 3.41. The Balaban J connectivity index is 0.000000187. The Bertz CT molecular complexity index is 2030. The van der Waals surface area contributed by atoms with Crippen molar-refractivity contribution in [1.29, 1.82) is 0 Å². The van der Waals surface area contributed by atoms with Gasteiger partial charge >= 0.3 is 106 Å². The minimum Gasteiger partial charge on any atom is -0.501 e. The first kappa shape index (κ1) is 31.6. The molecule has 0 atom stereocenters. The fraction of sp³-hybridized carbons (Fsp3) is 0.128. The third kappa shape index (κ3) is 6.63. The van der Waals surface area contributed by atoms with Crippen LogP contribution in [0.5, 0.6) is 0 Å². The maximum atomic E-state index is 6.27. The van der Waals surface area contributed by atoms with Crippen LogP contribution in [0.3, 0.4) is 0 Å². The van der Waals surface area contributed by atoms with Gasteiger partial charge in [-0.3, -0.25) is 0 Å². The molecule has 1 radical (unpaired) electrons. The summed E-state index contributed by atoms with van der Waals surface area (Å²) in [6, 6.07) is 41.5. The van der Waals surface area contributed by atoms with Gasteiger partial charge in [-0.2, -0.15) is 0 Å². The molecule has 221 valence electrons. The van der Waals surface area contributed by atoms with Crippen molar-refractivity contribution in [2.45, 2.75) is 31.1 Å². The number of hydrogen-bond donors (Lipinski definition) is 0. The number of benzene rings is 4. The van der Waals surface area contributed by atoms with Crippen LogP contribution in [-0.2, 0) is 20.1 Å². The van der Waals surface area contributed by atoms with Crippen LogP contribution in [0, 0.1) is 26.0 Å². The number of nitrogens with zero attached hydrogens (tertiary/aromatic N) is 2. The van der Waals surface area contributed by atoms with Gasteiger partial charge in [0.2, 0.25) is 0 Å². The van der Waals surface area contributed by atoms with Crippen molar-refractivity contribution in [3.05, 3.63) is 139 Å². The Hall–Kier alpha value is -3.83. The molecular weight excluding hydrogens is 777 g/mol. The van der Waals surface area contributed by atoms with Crippen LogP contribution >= 0.6 is 0 Å². The van der Waals surface area contributed by atoms with E-state index in [2.05, 4.69) is 114 Å². The van der Waals surface area contributed by atoms with Crippen LogP contribution in [0.2, 0.25) is 17.3 Å². The third-order valence-corrected chi connectivity index (χ3v) is 12.1. The molecule has 3 aromatic heterocycles. The van der Waals surface area contributed by atoms with E-state index in [1.54, 1.807) is 0 Å². The van der Waals surface area contributed by atoms with E-state index < -0.39 is 13.3 Å². The summed E-state index contributed by atoms with van der Waals surface area (Å²) < 4.78 is 7.76. The van der Waals surface area contributed by atoms with Crippen molar-refractivity contribution < 1.29 is 24.5 Å². The number of aryl methyl sites for hydroxylation is 2. The van der Waals surface area contributed by atoms with Crippen molar-refractivity contribution in [3.63, 3.8) is 0 Å². The summed E-state index contributed by atoms with van der Waals surface area (Å²) >= 11 is -1.77. The molecule has 7 aromatic rings. The van der Waals surface area contributed by atoms with Gasteiger partial charge in [0.05, 0.1) is 5.58 Å². The van der Waals surface area contributed by atoms with Gasteiger partial charge in [-0.05, 0) is 35.9 Å². The molecule has 0 saturated carbocycles. The normalized spacial score (nSPS) is 11.1. The smallest absolute Gasteiger partial charge is 0.121 e. The van der Waals surface area contributed by atoms with Crippen molar-refractivity contribution in [1.82, 2.24) is 9.97 Å². The van der Waals surface area contributed by atoms with E-state index in [0.29, 0.717) is 0 Å². The number of fused-ring (bicyclic) bond motifs is 3. The maximum absolute atomic E-state index is 6.27. The molecule has 0 N–H and O–H groups in total. The molecule has 7 rings (SSSR count). The monoisotopic (exact) mass is 813 g/mol. The van der Waals surface area contributed by atoms with Crippen molar-refractivity contribution >= 4 is 39.6 Å². The van der Waals surface area contributed by atoms with Crippen LogP contribution in [-0.4, -0.2) is 23.2 Å². The number of hydrogen-bond acceptors (Lipinski definition) is 3. The molecule has 5 heteroatoms. The largest absolute Gasteiger partial charge is 0.501 e. The van der Waals surface area contributed by atoms with E-state index in [1.165, 1.54) is 26.6 Å². The zero-order valence-corrected chi connectivity index (χ0v) is 30.1. The molecule has 3 nitrogen and oxygen atoms in total. The standard InChI is InChI=1S/C24H16NO.C15H18GeN.Ir/c1-16-13-14-25-21(15-16)19-10-5-11-20-23-18(17-7-3-2-4-8-17)9-6-12-22(23)26-24(19)20;1-12-10-15(13-8-6-5-7-9-13)17-11-14(12)16(2,3)4;/h2-9,11-15H,1H3;5-8,10-11H,1-4H3;/q2*-1;. The Morgan fingerprint density at radius 2 is 1.52 bits per heavy atom. The Labute approximate surface area is 276 Å². The van der Waals surface area contributed by atoms with Crippen LogP contribution in [0.1, 0.15) is 11.1 Å². The summed E-state index contributed by atoms with van der Waals surface area (Å²) in [6.45, 7) is 4.26. The first-order valence-electron chi connectivity index (χ1n) is 14.6. The first-order valence-corrected chi connectivity index (χ1v) is 21.9. The summed E-state index contributed by atoms with van der Waals surface area (Å²) in [5.74, 6) is 7.20. The van der Waals surface area contributed by atoms with Crippen LogP contribution < -0.4 is 4.40 Å². The number of rotatable bonds is 4. The minimum atomic E-state index is -1.77. The van der Waals surface area contributed by atoms with Crippen molar-refractivity contribution in [2.24, 2.45) is 0 Å². The molecular formula is C39H34GeIrN2O-2. The Kier molecular flexibility index (Phi) is 9.65. The van der Waals surface area contributed by atoms with Crippen molar-refractivity contribution in [2.75, 3.05) is 0 Å². The summed E-state index contributed by atoms with van der Waals surface area (Å²) in [4.78, 5) is 9.11. The topological polar surface area (TPSA) is 38.9 Å². The molecule has 0 aliphatic rings. The summed E-state index contributed by atoms with van der Waals surface area (Å²) in [7, 11) is 0. The van der Waals surface area contributed by atoms with E-state index in [4.69, 9.17) is 4.42 Å². The van der Waals surface area contributed by atoms with Crippen LogP contribution in [0.4, 0.5) is 0 Å². The van der Waals surface area contributed by atoms with E-state index >= 15 is 0 Å². The molecule has 4 aromatic carbocycles. The van der Waals surface area contributed by atoms with Gasteiger partial charge in [0, 0.05) is 31.7 Å². The Morgan fingerprint density at radius 3 is 2.23 bits per heavy atom. The molecule has 0 fully saturated rings. The Morgan fingerprint density at radius 1 is 0.727 bits per heavy atom. The van der Waals surface area contributed by atoms with Gasteiger partial charge in [0.25, 0.3) is 0 Å². The molecule has 3 heterocycles. The second kappa shape index (κ2) is 13.4. The van der Waals surface area contributed by atoms with Gasteiger partial charge in [-0.25, -0.2) is 0 Å². The molecule has 0 saturated heterocycles. The SMILES string of the molecule is Cc1cc(-c2[c-]cccc2)nc[c]1[Ge]([CH3])([CH3])[CH3].Cc1ccnc(-c2[c-]ccc3c2oc2cccc(-c4ccccc4)c23)c1.[Ir]. The van der Waals surface area contributed by atoms with Gasteiger partial charge in [0.1, 0.15) is 5.58 Å². The summed E-state index contributed by atoms with van der Waals surface area (Å²) in [5.41, 5.74) is 10.5. The average molecular weight is 812 g/mol. The second-order valence-electron chi connectivity index (χ2n) is 11.9. The zero-order chi connectivity index (χ0) is 30.0. The third-order valence-electron chi connectivity index (χ3n) is 7.62. The summed E-state index contributed by atoms with van der Waals surface area (Å²) in [5, 5.41) is 2.23.